The highest BCUT2D eigenvalue weighted by molar-refractivity contribution is 7.89. The molecule has 1 saturated carbocycles. The van der Waals surface area contributed by atoms with E-state index in [9.17, 15) is 12.8 Å². The Labute approximate surface area is 159 Å². The summed E-state index contributed by atoms with van der Waals surface area (Å²) in [5.41, 5.74) is 3.93. The van der Waals surface area contributed by atoms with Gasteiger partial charge in [0.25, 0.3) is 10.0 Å². The number of fused-ring (bicyclic) bond motifs is 2. The molecule has 0 N–H and O–H groups in total. The van der Waals surface area contributed by atoms with Gasteiger partial charge in [0, 0.05) is 18.2 Å². The van der Waals surface area contributed by atoms with Crippen LogP contribution in [0.15, 0.2) is 53.1 Å². The van der Waals surface area contributed by atoms with Crippen LogP contribution in [0, 0.1) is 24.6 Å². The molecule has 2 aliphatic carbocycles. The summed E-state index contributed by atoms with van der Waals surface area (Å²) in [7, 11) is -3.58. The smallest absolute Gasteiger partial charge is 0.264 e. The van der Waals surface area contributed by atoms with Crippen molar-refractivity contribution in [3.63, 3.8) is 0 Å². The summed E-state index contributed by atoms with van der Waals surface area (Å²) in [6.07, 6.45) is 5.07. The van der Waals surface area contributed by atoms with Crippen molar-refractivity contribution in [1.82, 2.24) is 4.31 Å². The molecule has 140 valence electrons. The number of rotatable bonds is 2. The van der Waals surface area contributed by atoms with Gasteiger partial charge in [-0.2, -0.15) is 0 Å². The van der Waals surface area contributed by atoms with Crippen LogP contribution >= 0.6 is 0 Å². The molecule has 1 saturated heterocycles. The molecule has 2 fully saturated rings. The van der Waals surface area contributed by atoms with Crippen molar-refractivity contribution < 1.29 is 12.8 Å². The molecule has 3 atom stereocenters. The molecular weight excluding hydrogens is 361 g/mol. The van der Waals surface area contributed by atoms with Crippen LogP contribution in [0.2, 0.25) is 0 Å². The quantitative estimate of drug-likeness (QED) is 0.754. The predicted molar refractivity (Wildman–Crippen MR) is 103 cm³/mol. The number of nitrogens with zero attached hydrogens (tertiary/aromatic N) is 1. The monoisotopic (exact) mass is 383 g/mol. The van der Waals surface area contributed by atoms with Crippen LogP contribution in [0.4, 0.5) is 4.39 Å². The van der Waals surface area contributed by atoms with Crippen LogP contribution in [0.25, 0.3) is 6.08 Å². The molecule has 0 radical (unpaired) electrons. The van der Waals surface area contributed by atoms with E-state index in [0.29, 0.717) is 17.4 Å². The molecule has 3 nitrogen and oxygen atoms in total. The molecule has 0 unspecified atom stereocenters. The van der Waals surface area contributed by atoms with E-state index in [4.69, 9.17) is 0 Å². The van der Waals surface area contributed by atoms with Crippen LogP contribution in [-0.4, -0.2) is 19.3 Å². The normalized spacial score (nSPS) is 26.4. The Bertz CT molecular complexity index is 1040. The summed E-state index contributed by atoms with van der Waals surface area (Å²) < 4.78 is 42.2. The molecule has 0 amide bonds. The van der Waals surface area contributed by atoms with Gasteiger partial charge in [-0.25, -0.2) is 12.8 Å². The number of hydrogen-bond donors (Lipinski definition) is 0. The third-order valence-electron chi connectivity index (χ3n) is 6.42. The number of sulfonamides is 1. The van der Waals surface area contributed by atoms with E-state index < -0.39 is 10.0 Å². The molecule has 5 rings (SSSR count). The Balaban J connectivity index is 1.64. The largest absolute Gasteiger partial charge is 0.270 e. The second kappa shape index (κ2) is 5.93. The molecule has 5 heteroatoms. The van der Waals surface area contributed by atoms with Gasteiger partial charge < -0.3 is 0 Å². The molecule has 3 aliphatic rings. The molecule has 0 spiro atoms. The summed E-state index contributed by atoms with van der Waals surface area (Å²) in [5.74, 6) is 0.488. The lowest BCUT2D eigenvalue weighted by molar-refractivity contribution is 0.272. The molecule has 1 aliphatic heterocycles. The van der Waals surface area contributed by atoms with Gasteiger partial charge in [0.05, 0.1) is 4.90 Å². The number of benzene rings is 2. The Morgan fingerprint density at radius 2 is 1.85 bits per heavy atom. The average molecular weight is 383 g/mol. The number of hydrogen-bond acceptors (Lipinski definition) is 2. The maximum absolute atomic E-state index is 13.9. The molecule has 2 aromatic rings. The lowest BCUT2D eigenvalue weighted by atomic mass is 9.66. The Morgan fingerprint density at radius 1 is 1.07 bits per heavy atom. The van der Waals surface area contributed by atoms with Crippen LogP contribution in [-0.2, 0) is 10.0 Å². The first kappa shape index (κ1) is 17.0. The first-order valence-electron chi connectivity index (χ1n) is 9.55. The maximum Gasteiger partial charge on any atom is 0.264 e. The van der Waals surface area contributed by atoms with E-state index in [1.807, 2.05) is 25.1 Å². The van der Waals surface area contributed by atoms with Gasteiger partial charge in [-0.3, -0.25) is 4.31 Å². The van der Waals surface area contributed by atoms with E-state index in [1.54, 1.807) is 28.6 Å². The van der Waals surface area contributed by atoms with Crippen LogP contribution < -0.4 is 0 Å². The van der Waals surface area contributed by atoms with Crippen molar-refractivity contribution in [3.05, 3.63) is 70.7 Å². The van der Waals surface area contributed by atoms with Crippen LogP contribution in [0.3, 0.4) is 0 Å². The molecule has 0 aromatic heterocycles. The fourth-order valence-corrected chi connectivity index (χ4v) is 6.75. The summed E-state index contributed by atoms with van der Waals surface area (Å²) in [5, 5.41) is 0. The standard InChI is InChI=1S/C22H22FNO2S/c1-14-5-9-18(10-6-14)27(25,26)24-13-16-3-2-4-19-20-12-17(23)8-7-15(20)11-21(24)22(16)19/h5-12,16,19,22H,2-4,13H2,1H3/t16-,19+,22+/m1/s1. The highest BCUT2D eigenvalue weighted by Crippen LogP contribution is 2.55. The van der Waals surface area contributed by atoms with Gasteiger partial charge in [0.2, 0.25) is 0 Å². The summed E-state index contributed by atoms with van der Waals surface area (Å²) >= 11 is 0. The van der Waals surface area contributed by atoms with Gasteiger partial charge in [0.15, 0.2) is 0 Å². The fourth-order valence-electron chi connectivity index (χ4n) is 5.17. The second-order valence-corrected chi connectivity index (χ2v) is 9.88. The van der Waals surface area contributed by atoms with E-state index in [-0.39, 0.29) is 17.7 Å². The van der Waals surface area contributed by atoms with Crippen molar-refractivity contribution in [2.75, 3.05) is 6.54 Å². The minimum Gasteiger partial charge on any atom is -0.270 e. The first-order valence-corrected chi connectivity index (χ1v) is 11.0. The molecule has 27 heavy (non-hydrogen) atoms. The molecule has 2 aromatic carbocycles. The topological polar surface area (TPSA) is 37.4 Å². The predicted octanol–water partition coefficient (Wildman–Crippen LogP) is 4.69. The summed E-state index contributed by atoms with van der Waals surface area (Å²) in [6.45, 7) is 2.48. The van der Waals surface area contributed by atoms with Gasteiger partial charge in [-0.15, -0.1) is 0 Å². The van der Waals surface area contributed by atoms with Crippen molar-refractivity contribution >= 4 is 16.1 Å². The van der Waals surface area contributed by atoms with Crippen molar-refractivity contribution in [2.24, 2.45) is 11.8 Å². The Hall–Kier alpha value is -2.14. The zero-order valence-electron chi connectivity index (χ0n) is 15.2. The fraction of sp³-hybridized carbons (Fsp3) is 0.364. The van der Waals surface area contributed by atoms with E-state index in [0.717, 1.165) is 41.6 Å². The van der Waals surface area contributed by atoms with E-state index in [2.05, 4.69) is 0 Å². The van der Waals surface area contributed by atoms with E-state index >= 15 is 0 Å². The third-order valence-corrected chi connectivity index (χ3v) is 8.23. The lowest BCUT2D eigenvalue weighted by Crippen LogP contribution is -2.29. The highest BCUT2D eigenvalue weighted by atomic mass is 32.2. The van der Waals surface area contributed by atoms with Gasteiger partial charge in [-0.05, 0) is 73.1 Å². The summed E-state index contributed by atoms with van der Waals surface area (Å²) in [4.78, 5) is 0.342. The Kier molecular flexibility index (Phi) is 3.73. The van der Waals surface area contributed by atoms with E-state index in [1.165, 1.54) is 6.07 Å². The van der Waals surface area contributed by atoms with Gasteiger partial charge in [0.1, 0.15) is 5.82 Å². The van der Waals surface area contributed by atoms with Crippen LogP contribution in [0.5, 0.6) is 0 Å². The minimum absolute atomic E-state index is 0.174. The molecule has 1 heterocycles. The lowest BCUT2D eigenvalue weighted by Gasteiger charge is -2.37. The number of halogens is 1. The molecular formula is C22H22FNO2S. The SMILES string of the molecule is Cc1ccc(S(=O)(=O)N2C[C@H]3CCC[C@H]4c5cc(F)ccc5C=C2[C@@H]34)cc1. The average Bonchev–Trinajstić information content (AvgIpc) is 3.03. The second-order valence-electron chi connectivity index (χ2n) is 8.01. The third kappa shape index (κ3) is 2.55. The first-order chi connectivity index (χ1) is 12.9. The zero-order chi connectivity index (χ0) is 18.8. The number of aryl methyl sites for hydroxylation is 1. The van der Waals surface area contributed by atoms with Gasteiger partial charge >= 0.3 is 0 Å². The van der Waals surface area contributed by atoms with Crippen molar-refractivity contribution in [3.8, 4) is 0 Å². The number of allylic oxidation sites excluding steroid dienone is 1. The maximum atomic E-state index is 13.9. The highest BCUT2D eigenvalue weighted by Gasteiger charge is 2.49. The van der Waals surface area contributed by atoms with Crippen molar-refractivity contribution in [1.29, 1.82) is 0 Å². The van der Waals surface area contributed by atoms with Crippen LogP contribution in [0.1, 0.15) is 41.9 Å². The minimum atomic E-state index is -3.58. The zero-order valence-corrected chi connectivity index (χ0v) is 16.0. The van der Waals surface area contributed by atoms with Gasteiger partial charge in [-0.1, -0.05) is 30.2 Å². The Morgan fingerprint density at radius 3 is 2.63 bits per heavy atom. The molecule has 0 bridgehead atoms. The summed E-state index contributed by atoms with van der Waals surface area (Å²) in [6, 6.07) is 12.0. The van der Waals surface area contributed by atoms with Crippen molar-refractivity contribution in [2.45, 2.75) is 37.0 Å².